The molecule has 2 fully saturated rings. The van der Waals surface area contributed by atoms with Gasteiger partial charge >= 0.3 is 0 Å². The summed E-state index contributed by atoms with van der Waals surface area (Å²) < 4.78 is 13.8. The molecule has 2 saturated heterocycles. The molecule has 3 atom stereocenters. The monoisotopic (exact) mass is 282 g/mol. The first-order valence-electron chi connectivity index (χ1n) is 7.07. The Balaban J connectivity index is 1.77. The number of fused-ring (bicyclic) bond motifs is 1. The highest BCUT2D eigenvalue weighted by Gasteiger charge is 2.42. The van der Waals surface area contributed by atoms with Crippen molar-refractivity contribution in [2.24, 2.45) is 11.8 Å². The molecule has 2 aliphatic heterocycles. The molecule has 0 saturated carbocycles. The molecule has 0 spiro atoms. The van der Waals surface area contributed by atoms with Gasteiger partial charge < -0.3 is 5.32 Å². The zero-order chi connectivity index (χ0) is 13.4. The summed E-state index contributed by atoms with van der Waals surface area (Å²) in [5.41, 5.74) is 0.721. The molecule has 0 radical (unpaired) electrons. The summed E-state index contributed by atoms with van der Waals surface area (Å²) >= 11 is 5.97. The first-order valence-corrected chi connectivity index (χ1v) is 7.45. The molecule has 0 aromatic heterocycles. The van der Waals surface area contributed by atoms with Crippen molar-refractivity contribution in [3.8, 4) is 0 Å². The predicted octanol–water partition coefficient (Wildman–Crippen LogP) is 2.91. The van der Waals surface area contributed by atoms with Crippen molar-refractivity contribution in [2.75, 3.05) is 19.6 Å². The third kappa shape index (κ3) is 2.51. The predicted molar refractivity (Wildman–Crippen MR) is 75.7 cm³/mol. The number of benzene rings is 1. The van der Waals surface area contributed by atoms with Crippen LogP contribution in [0.2, 0.25) is 5.02 Å². The van der Waals surface area contributed by atoms with Crippen LogP contribution in [0.4, 0.5) is 4.39 Å². The third-order valence-electron chi connectivity index (χ3n) is 4.62. The molecule has 19 heavy (non-hydrogen) atoms. The van der Waals surface area contributed by atoms with Gasteiger partial charge in [-0.3, -0.25) is 4.90 Å². The standard InChI is InChI=1S/C15H20ClFN2/c1-2-15-13-7-18-6-11(13)9-19(15)8-10-5-12(16)3-4-14(10)17/h3-5,11,13,15,18H,2,6-9H2,1H3. The quantitative estimate of drug-likeness (QED) is 0.917. The van der Waals surface area contributed by atoms with E-state index in [0.717, 1.165) is 43.5 Å². The smallest absolute Gasteiger partial charge is 0.127 e. The maximum Gasteiger partial charge on any atom is 0.127 e. The minimum Gasteiger partial charge on any atom is -0.316 e. The summed E-state index contributed by atoms with van der Waals surface area (Å²) in [6.45, 7) is 6.19. The molecule has 1 aromatic rings. The van der Waals surface area contributed by atoms with Gasteiger partial charge in [0, 0.05) is 29.7 Å². The Morgan fingerprint density at radius 2 is 2.26 bits per heavy atom. The zero-order valence-corrected chi connectivity index (χ0v) is 12.0. The first-order chi connectivity index (χ1) is 9.19. The van der Waals surface area contributed by atoms with Gasteiger partial charge in [-0.25, -0.2) is 4.39 Å². The molecule has 0 bridgehead atoms. The van der Waals surface area contributed by atoms with Crippen LogP contribution in [0.1, 0.15) is 18.9 Å². The number of nitrogens with one attached hydrogen (secondary N) is 1. The van der Waals surface area contributed by atoms with Gasteiger partial charge in [0.05, 0.1) is 0 Å². The molecular formula is C15H20ClFN2. The van der Waals surface area contributed by atoms with E-state index in [2.05, 4.69) is 17.1 Å². The fourth-order valence-corrected chi connectivity index (χ4v) is 3.93. The molecule has 1 N–H and O–H groups in total. The highest BCUT2D eigenvalue weighted by Crippen LogP contribution is 2.35. The number of halogens is 2. The Labute approximate surface area is 118 Å². The van der Waals surface area contributed by atoms with Gasteiger partial charge in [-0.2, -0.15) is 0 Å². The van der Waals surface area contributed by atoms with Crippen molar-refractivity contribution in [3.05, 3.63) is 34.6 Å². The van der Waals surface area contributed by atoms with Gasteiger partial charge in [0.1, 0.15) is 5.82 Å². The molecule has 4 heteroatoms. The number of likely N-dealkylation sites (tertiary alicyclic amines) is 1. The number of rotatable bonds is 3. The van der Waals surface area contributed by atoms with E-state index < -0.39 is 0 Å². The molecule has 2 nitrogen and oxygen atoms in total. The van der Waals surface area contributed by atoms with Crippen molar-refractivity contribution in [3.63, 3.8) is 0 Å². The summed E-state index contributed by atoms with van der Waals surface area (Å²) in [6, 6.07) is 5.41. The van der Waals surface area contributed by atoms with Crippen LogP contribution in [-0.2, 0) is 6.54 Å². The van der Waals surface area contributed by atoms with E-state index in [1.165, 1.54) is 6.07 Å². The molecule has 0 amide bonds. The van der Waals surface area contributed by atoms with E-state index in [9.17, 15) is 4.39 Å². The normalized spacial score (nSPS) is 30.8. The summed E-state index contributed by atoms with van der Waals surface area (Å²) in [7, 11) is 0. The van der Waals surface area contributed by atoms with Crippen molar-refractivity contribution in [1.82, 2.24) is 10.2 Å². The second kappa shape index (κ2) is 5.39. The highest BCUT2D eigenvalue weighted by atomic mass is 35.5. The lowest BCUT2D eigenvalue weighted by molar-refractivity contribution is 0.208. The summed E-state index contributed by atoms with van der Waals surface area (Å²) in [5.74, 6) is 1.31. The van der Waals surface area contributed by atoms with E-state index in [1.807, 2.05) is 0 Å². The summed E-state index contributed by atoms with van der Waals surface area (Å²) in [6.07, 6.45) is 1.13. The van der Waals surface area contributed by atoms with Crippen molar-refractivity contribution < 1.29 is 4.39 Å². The van der Waals surface area contributed by atoms with E-state index in [1.54, 1.807) is 12.1 Å². The molecule has 0 aliphatic carbocycles. The first kappa shape index (κ1) is 13.3. The molecule has 2 heterocycles. The van der Waals surface area contributed by atoms with Crippen LogP contribution in [0, 0.1) is 17.7 Å². The SMILES string of the molecule is CCC1C2CNCC2CN1Cc1cc(Cl)ccc1F. The molecular weight excluding hydrogens is 263 g/mol. The summed E-state index contributed by atoms with van der Waals surface area (Å²) in [4.78, 5) is 2.44. The van der Waals surface area contributed by atoms with Crippen molar-refractivity contribution >= 4 is 11.6 Å². The Kier molecular flexibility index (Phi) is 3.79. The van der Waals surface area contributed by atoms with Gasteiger partial charge in [0.15, 0.2) is 0 Å². The van der Waals surface area contributed by atoms with E-state index >= 15 is 0 Å². The lowest BCUT2D eigenvalue weighted by atomic mass is 9.93. The molecule has 1 aromatic carbocycles. The van der Waals surface area contributed by atoms with Crippen molar-refractivity contribution in [2.45, 2.75) is 25.9 Å². The van der Waals surface area contributed by atoms with Crippen LogP contribution in [-0.4, -0.2) is 30.6 Å². The summed E-state index contributed by atoms with van der Waals surface area (Å²) in [5, 5.41) is 4.09. The minimum atomic E-state index is -0.144. The molecule has 2 aliphatic rings. The second-order valence-electron chi connectivity index (χ2n) is 5.72. The lowest BCUT2D eigenvalue weighted by Crippen LogP contribution is -2.34. The van der Waals surface area contributed by atoms with Gasteiger partial charge in [-0.1, -0.05) is 18.5 Å². The average Bonchev–Trinajstić information content (AvgIpc) is 2.94. The van der Waals surface area contributed by atoms with Crippen LogP contribution >= 0.6 is 11.6 Å². The zero-order valence-electron chi connectivity index (χ0n) is 11.2. The van der Waals surface area contributed by atoms with Gasteiger partial charge in [0.25, 0.3) is 0 Å². The Morgan fingerprint density at radius 3 is 3.05 bits per heavy atom. The van der Waals surface area contributed by atoms with E-state index in [0.29, 0.717) is 17.6 Å². The maximum absolute atomic E-state index is 13.8. The molecule has 104 valence electrons. The Morgan fingerprint density at radius 1 is 1.42 bits per heavy atom. The highest BCUT2D eigenvalue weighted by molar-refractivity contribution is 6.30. The molecule has 3 unspecified atom stereocenters. The topological polar surface area (TPSA) is 15.3 Å². The van der Waals surface area contributed by atoms with Crippen molar-refractivity contribution in [1.29, 1.82) is 0 Å². The minimum absolute atomic E-state index is 0.144. The lowest BCUT2D eigenvalue weighted by Gasteiger charge is -2.27. The Bertz CT molecular complexity index is 465. The van der Waals surface area contributed by atoms with Crippen LogP contribution in [0.3, 0.4) is 0 Å². The van der Waals surface area contributed by atoms with Crippen LogP contribution in [0.15, 0.2) is 18.2 Å². The average molecular weight is 283 g/mol. The number of hydrogen-bond acceptors (Lipinski definition) is 2. The van der Waals surface area contributed by atoms with Gasteiger partial charge in [-0.05, 0) is 49.5 Å². The molecule has 3 rings (SSSR count). The Hall–Kier alpha value is -0.640. The van der Waals surface area contributed by atoms with E-state index in [4.69, 9.17) is 11.6 Å². The van der Waals surface area contributed by atoms with Gasteiger partial charge in [-0.15, -0.1) is 0 Å². The number of nitrogens with zero attached hydrogens (tertiary/aromatic N) is 1. The van der Waals surface area contributed by atoms with Crippen LogP contribution < -0.4 is 5.32 Å². The van der Waals surface area contributed by atoms with Crippen LogP contribution in [0.5, 0.6) is 0 Å². The fourth-order valence-electron chi connectivity index (χ4n) is 3.74. The number of hydrogen-bond donors (Lipinski definition) is 1. The largest absolute Gasteiger partial charge is 0.316 e. The second-order valence-corrected chi connectivity index (χ2v) is 6.16. The maximum atomic E-state index is 13.8. The van der Waals surface area contributed by atoms with E-state index in [-0.39, 0.29) is 5.82 Å². The van der Waals surface area contributed by atoms with Crippen LogP contribution in [0.25, 0.3) is 0 Å². The van der Waals surface area contributed by atoms with Gasteiger partial charge in [0.2, 0.25) is 0 Å². The fraction of sp³-hybridized carbons (Fsp3) is 0.600. The third-order valence-corrected chi connectivity index (χ3v) is 4.86.